The smallest absolute Gasteiger partial charge is 0.351 e. The van der Waals surface area contributed by atoms with Gasteiger partial charge < -0.3 is 30.9 Å². The van der Waals surface area contributed by atoms with Crippen LogP contribution >= 0.6 is 0 Å². The van der Waals surface area contributed by atoms with E-state index in [0.29, 0.717) is 10.8 Å². The third-order valence-electron chi connectivity index (χ3n) is 3.08. The van der Waals surface area contributed by atoms with Gasteiger partial charge in [-0.3, -0.25) is 4.57 Å². The maximum Gasteiger partial charge on any atom is 0.351 e. The van der Waals surface area contributed by atoms with Crippen molar-refractivity contribution in [2.24, 2.45) is 0 Å². The first-order valence-corrected chi connectivity index (χ1v) is 5.71. The van der Waals surface area contributed by atoms with Crippen LogP contribution in [0.2, 0.25) is 0 Å². The highest BCUT2D eigenvalue weighted by Crippen LogP contribution is 2.27. The van der Waals surface area contributed by atoms with Gasteiger partial charge in [0, 0.05) is 0 Å². The molecule has 10 heteroatoms. The van der Waals surface area contributed by atoms with Gasteiger partial charge in [-0.1, -0.05) is 0 Å². The summed E-state index contributed by atoms with van der Waals surface area (Å²) in [6.45, 7) is -0.666. The van der Waals surface area contributed by atoms with E-state index in [0.717, 1.165) is 0 Å². The summed E-state index contributed by atoms with van der Waals surface area (Å²) >= 11 is 0. The Labute approximate surface area is 111 Å². The molecule has 9 nitrogen and oxygen atoms in total. The highest BCUT2D eigenvalue weighted by Gasteiger charge is 2.44. The number of hydrogen-bond acceptors (Lipinski definition) is 8. The highest BCUT2D eigenvalue weighted by atomic mass is 19.1. The fraction of sp³-hybridized carbons (Fsp3) is 0.600. The van der Waals surface area contributed by atoms with Crippen LogP contribution in [0.1, 0.15) is 6.23 Å². The van der Waals surface area contributed by atoms with Gasteiger partial charge in [0.15, 0.2) is 17.9 Å². The van der Waals surface area contributed by atoms with E-state index in [4.69, 9.17) is 15.6 Å². The molecule has 0 spiro atoms. The number of nitrogens with zero attached hydrogens (tertiary/aromatic N) is 2. The zero-order valence-electron chi connectivity index (χ0n) is 10.1. The van der Waals surface area contributed by atoms with E-state index >= 15 is 0 Å². The van der Waals surface area contributed by atoms with Gasteiger partial charge in [0.2, 0.25) is 0 Å². The first-order valence-electron chi connectivity index (χ1n) is 5.71. The standard InChI is InChI=1S/C10H14FN3O6/c11-3-1-14(10(19)13-8(3)12)9-7(18)6(17)5(16)4(2-15)20-9/h1,4-7,9,15-18H,2H2,(H2,12,13,19)/t4-,5+,6+,7-,9-/m1/s1. The first kappa shape index (κ1) is 14.8. The summed E-state index contributed by atoms with van der Waals surface area (Å²) in [7, 11) is 0. The molecule has 2 rings (SSSR count). The Morgan fingerprint density at radius 2 is 2.00 bits per heavy atom. The zero-order valence-corrected chi connectivity index (χ0v) is 10.1. The minimum atomic E-state index is -1.71. The monoisotopic (exact) mass is 291 g/mol. The number of rotatable bonds is 2. The molecule has 0 bridgehead atoms. The molecule has 0 aromatic carbocycles. The predicted molar refractivity (Wildman–Crippen MR) is 61.9 cm³/mol. The van der Waals surface area contributed by atoms with Crippen molar-refractivity contribution in [3.8, 4) is 0 Å². The molecule has 112 valence electrons. The van der Waals surface area contributed by atoms with Gasteiger partial charge in [-0.25, -0.2) is 9.18 Å². The molecule has 1 aliphatic heterocycles. The second kappa shape index (κ2) is 5.42. The normalized spacial score (nSPS) is 34.1. The summed E-state index contributed by atoms with van der Waals surface area (Å²) in [5.74, 6) is -1.63. The van der Waals surface area contributed by atoms with Crippen LogP contribution in [0.15, 0.2) is 11.0 Å². The van der Waals surface area contributed by atoms with E-state index in [1.807, 2.05) is 0 Å². The van der Waals surface area contributed by atoms with Crippen LogP contribution in [0, 0.1) is 5.82 Å². The van der Waals surface area contributed by atoms with E-state index in [-0.39, 0.29) is 0 Å². The Morgan fingerprint density at radius 1 is 1.35 bits per heavy atom. The van der Waals surface area contributed by atoms with Crippen LogP contribution < -0.4 is 11.4 Å². The molecule has 20 heavy (non-hydrogen) atoms. The molecular weight excluding hydrogens is 277 g/mol. The number of nitrogens with two attached hydrogens (primary N) is 1. The second-order valence-corrected chi connectivity index (χ2v) is 4.38. The first-order chi connectivity index (χ1) is 9.36. The molecule has 1 aromatic heterocycles. The van der Waals surface area contributed by atoms with Gasteiger partial charge in [-0.2, -0.15) is 4.98 Å². The van der Waals surface area contributed by atoms with Gasteiger partial charge in [-0.05, 0) is 0 Å². The van der Waals surface area contributed by atoms with Crippen LogP contribution in [-0.2, 0) is 4.74 Å². The number of nitrogen functional groups attached to an aromatic ring is 1. The molecular formula is C10H14FN3O6. The lowest BCUT2D eigenvalue weighted by Crippen LogP contribution is -2.57. The molecule has 0 aliphatic carbocycles. The fourth-order valence-electron chi connectivity index (χ4n) is 1.95. The van der Waals surface area contributed by atoms with Crippen molar-refractivity contribution in [3.05, 3.63) is 22.5 Å². The number of ether oxygens (including phenoxy) is 1. The van der Waals surface area contributed by atoms with Crippen molar-refractivity contribution in [2.45, 2.75) is 30.6 Å². The van der Waals surface area contributed by atoms with Crippen molar-refractivity contribution in [1.82, 2.24) is 9.55 Å². The lowest BCUT2D eigenvalue weighted by atomic mass is 9.98. The van der Waals surface area contributed by atoms with Crippen molar-refractivity contribution in [2.75, 3.05) is 12.3 Å². The maximum atomic E-state index is 13.3. The Morgan fingerprint density at radius 3 is 2.60 bits per heavy atom. The van der Waals surface area contributed by atoms with Crippen molar-refractivity contribution in [1.29, 1.82) is 0 Å². The van der Waals surface area contributed by atoms with Gasteiger partial charge in [0.05, 0.1) is 12.8 Å². The summed E-state index contributed by atoms with van der Waals surface area (Å²) < 4.78 is 19.0. The molecule has 2 heterocycles. The predicted octanol–water partition coefficient (Wildman–Crippen LogP) is -3.06. The summed E-state index contributed by atoms with van der Waals surface area (Å²) in [4.78, 5) is 14.8. The molecule has 5 atom stereocenters. The average Bonchev–Trinajstić information content (AvgIpc) is 2.41. The van der Waals surface area contributed by atoms with Crippen LogP contribution in [0.3, 0.4) is 0 Å². The number of aliphatic hydroxyl groups is 4. The number of aliphatic hydroxyl groups excluding tert-OH is 4. The Bertz CT molecular complexity index is 550. The van der Waals surface area contributed by atoms with Crippen molar-refractivity contribution < 1.29 is 29.6 Å². The molecule has 1 aliphatic rings. The van der Waals surface area contributed by atoms with Gasteiger partial charge >= 0.3 is 5.69 Å². The molecule has 6 N–H and O–H groups in total. The summed E-state index contributed by atoms with van der Waals surface area (Å²) in [6, 6.07) is 0. The summed E-state index contributed by atoms with van der Waals surface area (Å²) in [6.07, 6.45) is -7.04. The Hall–Kier alpha value is -1.59. The molecule has 0 amide bonds. The molecule has 0 radical (unpaired) electrons. The minimum absolute atomic E-state index is 0.591. The number of anilines is 1. The number of hydrogen-bond donors (Lipinski definition) is 5. The third-order valence-corrected chi connectivity index (χ3v) is 3.08. The highest BCUT2D eigenvalue weighted by molar-refractivity contribution is 5.26. The van der Waals surface area contributed by atoms with E-state index in [1.54, 1.807) is 0 Å². The zero-order chi connectivity index (χ0) is 15.0. The van der Waals surface area contributed by atoms with Crippen LogP contribution in [-0.4, -0.2) is 61.0 Å². The topological polar surface area (TPSA) is 151 Å². The lowest BCUT2D eigenvalue weighted by Gasteiger charge is -2.40. The largest absolute Gasteiger partial charge is 0.394 e. The maximum absolute atomic E-state index is 13.3. The van der Waals surface area contributed by atoms with E-state index in [1.165, 1.54) is 0 Å². The van der Waals surface area contributed by atoms with Crippen molar-refractivity contribution >= 4 is 5.82 Å². The fourth-order valence-corrected chi connectivity index (χ4v) is 1.95. The molecule has 0 saturated carbocycles. The third kappa shape index (κ3) is 2.39. The van der Waals surface area contributed by atoms with Crippen LogP contribution in [0.5, 0.6) is 0 Å². The Kier molecular flexibility index (Phi) is 4.01. The molecule has 0 unspecified atom stereocenters. The molecule has 1 aromatic rings. The molecule has 1 fully saturated rings. The SMILES string of the molecule is Nc1nc(=O)n([C@@H]2O[C@H](CO)[C@H](O)[C@H](O)[C@H]2O)cc1F. The van der Waals surface area contributed by atoms with Gasteiger partial charge in [-0.15, -0.1) is 0 Å². The summed E-state index contributed by atoms with van der Waals surface area (Å²) in [5, 5.41) is 38.0. The quantitative estimate of drug-likeness (QED) is 0.385. The Balaban J connectivity index is 2.41. The van der Waals surface area contributed by atoms with E-state index < -0.39 is 54.6 Å². The summed E-state index contributed by atoms with van der Waals surface area (Å²) in [5.41, 5.74) is 4.12. The number of halogens is 1. The van der Waals surface area contributed by atoms with Gasteiger partial charge in [0.25, 0.3) is 0 Å². The van der Waals surface area contributed by atoms with E-state index in [9.17, 15) is 24.5 Å². The molecule has 1 saturated heterocycles. The minimum Gasteiger partial charge on any atom is -0.394 e. The average molecular weight is 291 g/mol. The van der Waals surface area contributed by atoms with Crippen LogP contribution in [0.25, 0.3) is 0 Å². The number of aromatic nitrogens is 2. The van der Waals surface area contributed by atoms with Gasteiger partial charge in [0.1, 0.15) is 24.4 Å². The van der Waals surface area contributed by atoms with Crippen LogP contribution in [0.4, 0.5) is 10.2 Å². The van der Waals surface area contributed by atoms with E-state index in [2.05, 4.69) is 4.98 Å². The van der Waals surface area contributed by atoms with Crippen molar-refractivity contribution in [3.63, 3.8) is 0 Å². The lowest BCUT2D eigenvalue weighted by molar-refractivity contribution is -0.252. The second-order valence-electron chi connectivity index (χ2n) is 4.38.